The number of amides is 1. The van der Waals surface area contributed by atoms with Crippen molar-refractivity contribution in [1.29, 1.82) is 0 Å². The van der Waals surface area contributed by atoms with E-state index < -0.39 is 6.04 Å². The fourth-order valence-electron chi connectivity index (χ4n) is 4.07. The van der Waals surface area contributed by atoms with Gasteiger partial charge in [-0.15, -0.1) is 0 Å². The van der Waals surface area contributed by atoms with Crippen molar-refractivity contribution in [3.8, 4) is 5.75 Å². The van der Waals surface area contributed by atoms with Gasteiger partial charge in [-0.2, -0.15) is 0 Å². The average molecular weight is 483 g/mol. The number of thiazole rings is 1. The van der Waals surface area contributed by atoms with E-state index in [0.29, 0.717) is 32.0 Å². The summed E-state index contributed by atoms with van der Waals surface area (Å²) in [4.78, 5) is 36.5. The molecule has 1 atom stereocenters. The van der Waals surface area contributed by atoms with Crippen LogP contribution in [0.25, 0.3) is 6.08 Å². The number of benzene rings is 2. The van der Waals surface area contributed by atoms with Crippen LogP contribution in [0.15, 0.2) is 100 Å². The topological polar surface area (TPSA) is 85.6 Å². The number of methoxy groups -OCH3 is 1. The normalized spacial score (nSPS) is 15.4. The Kier molecular flexibility index (Phi) is 6.12. The van der Waals surface area contributed by atoms with E-state index in [9.17, 15) is 9.59 Å². The minimum absolute atomic E-state index is 0.212. The van der Waals surface area contributed by atoms with Gasteiger partial charge in [-0.1, -0.05) is 41.7 Å². The molecule has 8 heteroatoms. The van der Waals surface area contributed by atoms with E-state index in [1.807, 2.05) is 72.8 Å². The van der Waals surface area contributed by atoms with Gasteiger partial charge in [0.05, 0.1) is 29.0 Å². The van der Waals surface area contributed by atoms with E-state index in [-0.39, 0.29) is 11.5 Å². The lowest BCUT2D eigenvalue weighted by Gasteiger charge is -2.25. The third-order valence-electron chi connectivity index (χ3n) is 5.71. The van der Waals surface area contributed by atoms with E-state index in [4.69, 9.17) is 4.74 Å². The molecule has 1 N–H and O–H groups in total. The Balaban J connectivity index is 1.69. The summed E-state index contributed by atoms with van der Waals surface area (Å²) in [5.74, 6) is 0.326. The number of hydrogen-bond acceptors (Lipinski definition) is 6. The van der Waals surface area contributed by atoms with E-state index in [2.05, 4.69) is 15.3 Å². The van der Waals surface area contributed by atoms with E-state index in [1.165, 1.54) is 11.3 Å². The van der Waals surface area contributed by atoms with Gasteiger partial charge in [-0.05, 0) is 60.5 Å². The highest BCUT2D eigenvalue weighted by molar-refractivity contribution is 7.07. The maximum absolute atomic E-state index is 13.7. The second-order valence-corrected chi connectivity index (χ2v) is 8.97. The van der Waals surface area contributed by atoms with Gasteiger partial charge in [0.25, 0.3) is 11.5 Å². The number of fused-ring (bicyclic) bond motifs is 1. The maximum Gasteiger partial charge on any atom is 0.271 e. The molecule has 0 unspecified atom stereocenters. The summed E-state index contributed by atoms with van der Waals surface area (Å²) in [6.45, 7) is 1.80. The molecule has 0 radical (unpaired) electrons. The molecule has 35 heavy (non-hydrogen) atoms. The number of para-hydroxylation sites is 1. The molecule has 4 aromatic rings. The molecule has 0 bridgehead atoms. The Bertz CT molecular complexity index is 1610. The molecule has 0 aliphatic carbocycles. The number of pyridine rings is 1. The first-order valence-corrected chi connectivity index (χ1v) is 11.8. The maximum atomic E-state index is 13.7. The first kappa shape index (κ1) is 22.5. The Labute approximate surface area is 205 Å². The Hall–Kier alpha value is -4.30. The van der Waals surface area contributed by atoms with Crippen LogP contribution in [0.5, 0.6) is 5.75 Å². The molecule has 3 heterocycles. The second-order valence-electron chi connectivity index (χ2n) is 7.96. The van der Waals surface area contributed by atoms with Crippen LogP contribution in [-0.4, -0.2) is 22.6 Å². The van der Waals surface area contributed by atoms with Crippen LogP contribution in [0.1, 0.15) is 24.1 Å². The van der Waals surface area contributed by atoms with Crippen molar-refractivity contribution in [3.63, 3.8) is 0 Å². The molecular formula is C27H22N4O3S. The highest BCUT2D eigenvalue weighted by Gasteiger charge is 2.32. The summed E-state index contributed by atoms with van der Waals surface area (Å²) in [6.07, 6.45) is 5.17. The summed E-state index contributed by atoms with van der Waals surface area (Å²) in [6, 6.07) is 19.6. The number of carbonyl (C=O) groups is 1. The zero-order valence-electron chi connectivity index (χ0n) is 19.1. The zero-order valence-corrected chi connectivity index (χ0v) is 20.0. The molecule has 0 saturated heterocycles. The third kappa shape index (κ3) is 4.43. The number of anilines is 1. The minimum Gasteiger partial charge on any atom is -0.497 e. The van der Waals surface area contributed by atoms with E-state index >= 15 is 0 Å². The monoisotopic (exact) mass is 482 g/mol. The number of nitrogens with zero attached hydrogens (tertiary/aromatic N) is 3. The molecular weight excluding hydrogens is 460 g/mol. The molecule has 1 aliphatic rings. The number of ether oxygens (including phenoxy) is 1. The van der Waals surface area contributed by atoms with Gasteiger partial charge in [0.15, 0.2) is 4.80 Å². The Morgan fingerprint density at radius 3 is 2.60 bits per heavy atom. The number of allylic oxidation sites excluding steroid dienone is 1. The van der Waals surface area contributed by atoms with Crippen LogP contribution in [0.4, 0.5) is 5.69 Å². The molecule has 2 aromatic heterocycles. The van der Waals surface area contributed by atoms with Gasteiger partial charge in [0, 0.05) is 18.1 Å². The van der Waals surface area contributed by atoms with Crippen molar-refractivity contribution >= 4 is 29.0 Å². The summed E-state index contributed by atoms with van der Waals surface area (Å²) < 4.78 is 7.55. The zero-order chi connectivity index (χ0) is 24.4. The smallest absolute Gasteiger partial charge is 0.271 e. The first-order chi connectivity index (χ1) is 17.0. The molecule has 1 amide bonds. The fraction of sp³-hybridized carbons (Fsp3) is 0.111. The van der Waals surface area contributed by atoms with Crippen LogP contribution in [0.2, 0.25) is 0 Å². The summed E-state index contributed by atoms with van der Waals surface area (Å²) in [5.41, 5.74) is 3.04. The molecule has 0 spiro atoms. The highest BCUT2D eigenvalue weighted by Crippen LogP contribution is 2.32. The third-order valence-corrected chi connectivity index (χ3v) is 6.69. The van der Waals surface area contributed by atoms with Crippen LogP contribution in [0.3, 0.4) is 0 Å². The molecule has 0 saturated carbocycles. The van der Waals surface area contributed by atoms with Gasteiger partial charge in [-0.25, -0.2) is 4.99 Å². The molecule has 174 valence electrons. The number of aromatic nitrogens is 2. The lowest BCUT2D eigenvalue weighted by atomic mass is 9.95. The first-order valence-electron chi connectivity index (χ1n) is 11.0. The van der Waals surface area contributed by atoms with Crippen molar-refractivity contribution in [2.24, 2.45) is 4.99 Å². The second kappa shape index (κ2) is 9.52. The molecule has 5 rings (SSSR count). The summed E-state index contributed by atoms with van der Waals surface area (Å²) in [5, 5.41) is 2.95. The van der Waals surface area contributed by atoms with Crippen LogP contribution < -0.4 is 24.9 Å². The van der Waals surface area contributed by atoms with Crippen molar-refractivity contribution in [3.05, 3.63) is 121 Å². The summed E-state index contributed by atoms with van der Waals surface area (Å²) >= 11 is 1.30. The lowest BCUT2D eigenvalue weighted by molar-refractivity contribution is -0.113. The summed E-state index contributed by atoms with van der Waals surface area (Å²) in [7, 11) is 1.59. The van der Waals surface area contributed by atoms with Gasteiger partial charge in [0.1, 0.15) is 5.75 Å². The average Bonchev–Trinajstić information content (AvgIpc) is 3.18. The number of hydrogen-bond donors (Lipinski definition) is 1. The lowest BCUT2D eigenvalue weighted by Crippen LogP contribution is -2.40. The number of carbonyl (C=O) groups excluding carboxylic acids is 1. The highest BCUT2D eigenvalue weighted by atomic mass is 32.1. The van der Waals surface area contributed by atoms with E-state index in [1.54, 1.807) is 31.0 Å². The largest absolute Gasteiger partial charge is 0.497 e. The van der Waals surface area contributed by atoms with Gasteiger partial charge in [-0.3, -0.25) is 19.1 Å². The van der Waals surface area contributed by atoms with Gasteiger partial charge in [0.2, 0.25) is 0 Å². The van der Waals surface area contributed by atoms with Crippen LogP contribution in [-0.2, 0) is 4.79 Å². The van der Waals surface area contributed by atoms with Crippen molar-refractivity contribution in [2.75, 3.05) is 12.4 Å². The van der Waals surface area contributed by atoms with Crippen molar-refractivity contribution in [2.45, 2.75) is 13.0 Å². The number of rotatable bonds is 5. The van der Waals surface area contributed by atoms with Gasteiger partial charge >= 0.3 is 0 Å². The SMILES string of the molecule is COc1cccc([C@@H]2C(C(=O)Nc3ccccc3)=C(C)N=c3sc(=Cc4ccncc4)c(=O)n32)c1. The standard InChI is InChI=1S/C27H22N4O3S/c1-17-23(25(32)30-20-8-4-3-5-9-20)24(19-7-6-10-21(16-19)34-2)31-26(33)22(35-27(31)29-17)15-18-11-13-28-14-12-18/h3-16,24H,1-2H3,(H,30,32)/t24-/m1/s1. The molecule has 2 aromatic carbocycles. The van der Waals surface area contributed by atoms with Crippen LogP contribution >= 0.6 is 11.3 Å². The van der Waals surface area contributed by atoms with E-state index in [0.717, 1.165) is 11.1 Å². The Morgan fingerprint density at radius 2 is 1.86 bits per heavy atom. The van der Waals surface area contributed by atoms with Crippen LogP contribution in [0, 0.1) is 0 Å². The molecule has 0 fully saturated rings. The number of nitrogens with one attached hydrogen (secondary N) is 1. The quantitative estimate of drug-likeness (QED) is 0.473. The van der Waals surface area contributed by atoms with Crippen molar-refractivity contribution < 1.29 is 9.53 Å². The van der Waals surface area contributed by atoms with Gasteiger partial charge < -0.3 is 10.1 Å². The molecule has 7 nitrogen and oxygen atoms in total. The predicted molar refractivity (Wildman–Crippen MR) is 136 cm³/mol. The Morgan fingerprint density at radius 1 is 1.09 bits per heavy atom. The minimum atomic E-state index is -0.662. The fourth-order valence-corrected chi connectivity index (χ4v) is 5.12. The predicted octanol–water partition coefficient (Wildman–Crippen LogP) is 3.28. The molecule has 1 aliphatic heterocycles. The van der Waals surface area contributed by atoms with Crippen molar-refractivity contribution in [1.82, 2.24) is 9.55 Å².